The molecule has 6 heteroatoms. The van der Waals surface area contributed by atoms with Gasteiger partial charge in [-0.05, 0) is 46.6 Å². The minimum absolute atomic E-state index is 0.251. The van der Waals surface area contributed by atoms with Gasteiger partial charge in [0.15, 0.2) is 11.4 Å². The fourth-order valence-electron chi connectivity index (χ4n) is 3.49. The SMILES string of the molecule is Cc1ccc(CN2C(=O)[C@](O)(CC(=O)c3ccc(Br)s3)c3ccccc32)cc1. The lowest BCUT2D eigenvalue weighted by molar-refractivity contribution is -0.136. The summed E-state index contributed by atoms with van der Waals surface area (Å²) in [6, 6.07) is 18.6. The summed E-state index contributed by atoms with van der Waals surface area (Å²) in [5.41, 5.74) is 1.38. The fraction of sp³-hybridized carbons (Fsp3) is 0.182. The Hall–Kier alpha value is -2.28. The number of rotatable bonds is 5. The number of hydrogen-bond donors (Lipinski definition) is 1. The van der Waals surface area contributed by atoms with Crippen LogP contribution in [0.25, 0.3) is 0 Å². The molecular formula is C22H18BrNO3S. The molecule has 1 N–H and O–H groups in total. The van der Waals surface area contributed by atoms with Crippen LogP contribution < -0.4 is 4.90 Å². The Bertz CT molecular complexity index is 1060. The second-order valence-electron chi connectivity index (χ2n) is 6.96. The predicted molar refractivity (Wildman–Crippen MR) is 114 cm³/mol. The molecule has 142 valence electrons. The first-order chi connectivity index (χ1) is 13.4. The van der Waals surface area contributed by atoms with Crippen LogP contribution >= 0.6 is 27.3 Å². The zero-order valence-corrected chi connectivity index (χ0v) is 17.6. The maximum absolute atomic E-state index is 13.2. The van der Waals surface area contributed by atoms with Gasteiger partial charge >= 0.3 is 0 Å². The van der Waals surface area contributed by atoms with Gasteiger partial charge in [-0.1, -0.05) is 48.0 Å². The van der Waals surface area contributed by atoms with Gasteiger partial charge in [-0.25, -0.2) is 0 Å². The number of fused-ring (bicyclic) bond motifs is 1. The quantitative estimate of drug-likeness (QED) is 0.560. The molecule has 1 amide bonds. The van der Waals surface area contributed by atoms with E-state index >= 15 is 0 Å². The van der Waals surface area contributed by atoms with Gasteiger partial charge < -0.3 is 10.0 Å². The zero-order chi connectivity index (χ0) is 19.9. The number of carbonyl (C=O) groups is 2. The van der Waals surface area contributed by atoms with E-state index < -0.39 is 11.5 Å². The number of thiophene rings is 1. The van der Waals surface area contributed by atoms with Gasteiger partial charge in [0.25, 0.3) is 5.91 Å². The molecule has 1 aliphatic heterocycles. The van der Waals surface area contributed by atoms with Crippen LogP contribution in [0.15, 0.2) is 64.5 Å². The van der Waals surface area contributed by atoms with Crippen LogP contribution in [0.5, 0.6) is 0 Å². The lowest BCUT2D eigenvalue weighted by Crippen LogP contribution is -2.41. The number of ketones is 1. The Morgan fingerprint density at radius 1 is 1.11 bits per heavy atom. The van der Waals surface area contributed by atoms with Crippen molar-refractivity contribution < 1.29 is 14.7 Å². The molecule has 1 atom stereocenters. The number of amides is 1. The minimum Gasteiger partial charge on any atom is -0.375 e. The highest BCUT2D eigenvalue weighted by molar-refractivity contribution is 9.11. The van der Waals surface area contributed by atoms with Crippen molar-refractivity contribution in [3.8, 4) is 0 Å². The molecule has 1 aliphatic rings. The van der Waals surface area contributed by atoms with E-state index in [9.17, 15) is 14.7 Å². The highest BCUT2D eigenvalue weighted by Crippen LogP contribution is 2.43. The van der Waals surface area contributed by atoms with Crippen LogP contribution in [0.4, 0.5) is 5.69 Å². The van der Waals surface area contributed by atoms with Gasteiger partial charge in [0.1, 0.15) is 0 Å². The Labute approximate surface area is 175 Å². The summed E-state index contributed by atoms with van der Waals surface area (Å²) < 4.78 is 0.835. The number of carbonyl (C=O) groups excluding carboxylic acids is 2. The number of aryl methyl sites for hydroxylation is 1. The monoisotopic (exact) mass is 455 g/mol. The van der Waals surface area contributed by atoms with Gasteiger partial charge in [-0.15, -0.1) is 11.3 Å². The summed E-state index contributed by atoms with van der Waals surface area (Å²) >= 11 is 4.64. The maximum Gasteiger partial charge on any atom is 0.264 e. The minimum atomic E-state index is -1.85. The van der Waals surface area contributed by atoms with Crippen molar-refractivity contribution >= 4 is 44.6 Å². The van der Waals surface area contributed by atoms with E-state index in [0.29, 0.717) is 22.7 Å². The molecule has 0 unspecified atom stereocenters. The molecule has 0 spiro atoms. The molecule has 0 bridgehead atoms. The predicted octanol–water partition coefficient (Wildman–Crippen LogP) is 4.83. The average molecular weight is 456 g/mol. The Morgan fingerprint density at radius 3 is 2.50 bits per heavy atom. The Morgan fingerprint density at radius 2 is 1.82 bits per heavy atom. The normalized spacial score (nSPS) is 18.4. The topological polar surface area (TPSA) is 57.6 Å². The summed E-state index contributed by atoms with van der Waals surface area (Å²) in [7, 11) is 0. The molecule has 1 aromatic heterocycles. The van der Waals surface area contributed by atoms with Gasteiger partial charge in [0.2, 0.25) is 0 Å². The number of nitrogens with zero attached hydrogens (tertiary/aromatic N) is 1. The molecular weight excluding hydrogens is 438 g/mol. The number of benzene rings is 2. The van der Waals surface area contributed by atoms with E-state index in [1.54, 1.807) is 29.2 Å². The number of Topliss-reactive ketones (excluding diaryl/α,β-unsaturated/α-hetero) is 1. The molecule has 0 saturated heterocycles. The average Bonchev–Trinajstić information content (AvgIpc) is 3.20. The van der Waals surface area contributed by atoms with Crippen molar-refractivity contribution in [1.82, 2.24) is 0 Å². The summed E-state index contributed by atoms with van der Waals surface area (Å²) in [6.07, 6.45) is -0.278. The van der Waals surface area contributed by atoms with Gasteiger partial charge in [-0.2, -0.15) is 0 Å². The van der Waals surface area contributed by atoms with Gasteiger partial charge in [0, 0.05) is 5.56 Å². The van der Waals surface area contributed by atoms with Crippen molar-refractivity contribution in [2.45, 2.75) is 25.5 Å². The first-order valence-electron chi connectivity index (χ1n) is 8.86. The Balaban J connectivity index is 1.67. The van der Waals surface area contributed by atoms with Crippen molar-refractivity contribution in [1.29, 1.82) is 0 Å². The molecule has 0 saturated carbocycles. The van der Waals surface area contributed by atoms with Crippen molar-refractivity contribution in [2.75, 3.05) is 4.90 Å². The van der Waals surface area contributed by atoms with Crippen molar-refractivity contribution in [2.24, 2.45) is 0 Å². The van der Waals surface area contributed by atoms with E-state index in [1.165, 1.54) is 11.3 Å². The van der Waals surface area contributed by atoms with Crippen LogP contribution in [0, 0.1) is 6.92 Å². The zero-order valence-electron chi connectivity index (χ0n) is 15.2. The third-order valence-corrected chi connectivity index (χ3v) is 6.63. The molecule has 2 heterocycles. The number of para-hydroxylation sites is 1. The van der Waals surface area contributed by atoms with Crippen molar-refractivity contribution in [3.63, 3.8) is 0 Å². The highest BCUT2D eigenvalue weighted by Gasteiger charge is 2.50. The lowest BCUT2D eigenvalue weighted by atomic mass is 9.89. The number of hydrogen-bond acceptors (Lipinski definition) is 4. The molecule has 4 rings (SSSR count). The molecule has 0 aliphatic carbocycles. The van der Waals surface area contributed by atoms with E-state index in [1.807, 2.05) is 43.3 Å². The van der Waals surface area contributed by atoms with Gasteiger partial charge in [-0.3, -0.25) is 9.59 Å². The summed E-state index contributed by atoms with van der Waals surface area (Å²) in [5.74, 6) is -0.711. The molecule has 4 nitrogen and oxygen atoms in total. The molecule has 2 aromatic carbocycles. The second-order valence-corrected chi connectivity index (χ2v) is 9.42. The van der Waals surface area contributed by atoms with Crippen LogP contribution in [0.1, 0.15) is 32.8 Å². The smallest absolute Gasteiger partial charge is 0.264 e. The fourth-order valence-corrected chi connectivity index (χ4v) is 4.82. The largest absolute Gasteiger partial charge is 0.375 e. The summed E-state index contributed by atoms with van der Waals surface area (Å²) in [5, 5.41) is 11.3. The molecule has 3 aromatic rings. The standard InChI is InChI=1S/C22H18BrNO3S/c1-14-6-8-15(9-7-14)13-24-17-5-3-2-4-16(17)22(27,21(24)26)12-18(25)19-10-11-20(23)28-19/h2-11,27H,12-13H2,1H3/t22-/m0/s1. The second kappa shape index (κ2) is 7.28. The number of halogens is 1. The Kier molecular flexibility index (Phi) is 4.95. The van der Waals surface area contributed by atoms with Crippen LogP contribution in [-0.2, 0) is 16.9 Å². The summed E-state index contributed by atoms with van der Waals surface area (Å²) in [4.78, 5) is 28.1. The van der Waals surface area contributed by atoms with Crippen molar-refractivity contribution in [3.05, 3.63) is 86.0 Å². The molecule has 0 radical (unpaired) electrons. The molecule has 0 fully saturated rings. The highest BCUT2D eigenvalue weighted by atomic mass is 79.9. The first-order valence-corrected chi connectivity index (χ1v) is 10.5. The lowest BCUT2D eigenvalue weighted by Gasteiger charge is -2.22. The first kappa shape index (κ1) is 19.1. The maximum atomic E-state index is 13.2. The van der Waals surface area contributed by atoms with Crippen LogP contribution in [-0.4, -0.2) is 16.8 Å². The van der Waals surface area contributed by atoms with Crippen LogP contribution in [0.2, 0.25) is 0 Å². The van der Waals surface area contributed by atoms with E-state index in [2.05, 4.69) is 15.9 Å². The third-order valence-electron chi connectivity index (χ3n) is 4.97. The van der Waals surface area contributed by atoms with E-state index in [4.69, 9.17) is 0 Å². The molecule has 28 heavy (non-hydrogen) atoms. The number of anilines is 1. The van der Waals surface area contributed by atoms with Gasteiger partial charge in [0.05, 0.1) is 27.3 Å². The third kappa shape index (κ3) is 3.32. The number of aliphatic hydroxyl groups is 1. The van der Waals surface area contributed by atoms with E-state index in [-0.39, 0.29) is 12.2 Å². The van der Waals surface area contributed by atoms with Crippen LogP contribution in [0.3, 0.4) is 0 Å². The van der Waals surface area contributed by atoms with E-state index in [0.717, 1.165) is 14.9 Å². The summed E-state index contributed by atoms with van der Waals surface area (Å²) in [6.45, 7) is 2.35.